The summed E-state index contributed by atoms with van der Waals surface area (Å²) in [6, 6.07) is 6.80. The molecule has 0 amide bonds. The van der Waals surface area contributed by atoms with Crippen LogP contribution in [0.25, 0.3) is 0 Å². The lowest BCUT2D eigenvalue weighted by molar-refractivity contribution is 0.148. The lowest BCUT2D eigenvalue weighted by Crippen LogP contribution is -2.43. The number of rotatable bonds is 2. The van der Waals surface area contributed by atoms with Gasteiger partial charge in [0.05, 0.1) is 0 Å². The summed E-state index contributed by atoms with van der Waals surface area (Å²) in [4.78, 5) is 4.94. The maximum Gasteiger partial charge on any atom is 0.0234 e. The Labute approximate surface area is 112 Å². The van der Waals surface area contributed by atoms with E-state index >= 15 is 0 Å². The van der Waals surface area contributed by atoms with E-state index in [9.17, 15) is 0 Å². The molecular weight excluding hydrogens is 311 g/mol. The molecule has 0 N–H and O–H groups in total. The highest BCUT2D eigenvalue weighted by molar-refractivity contribution is 14.1. The summed E-state index contributed by atoms with van der Waals surface area (Å²) >= 11 is 2.39. The predicted octanol–water partition coefficient (Wildman–Crippen LogP) is 2.35. The average molecular weight is 330 g/mol. The Kier molecular flexibility index (Phi) is 4.21. The molecule has 1 fully saturated rings. The molecular formula is C13H19IN2. The maximum atomic E-state index is 2.54. The summed E-state index contributed by atoms with van der Waals surface area (Å²) in [5.41, 5.74) is 2.84. The highest BCUT2D eigenvalue weighted by atomic mass is 127. The van der Waals surface area contributed by atoms with E-state index in [0.717, 1.165) is 6.54 Å². The third kappa shape index (κ3) is 3.18. The first kappa shape index (κ1) is 12.3. The smallest absolute Gasteiger partial charge is 0.0234 e. The number of hydrogen-bond acceptors (Lipinski definition) is 2. The molecule has 0 aliphatic carbocycles. The molecule has 2 nitrogen and oxygen atoms in total. The van der Waals surface area contributed by atoms with Gasteiger partial charge in [0.2, 0.25) is 0 Å². The molecule has 2 rings (SSSR count). The molecule has 0 bridgehead atoms. The first-order valence-corrected chi connectivity index (χ1v) is 6.89. The van der Waals surface area contributed by atoms with Gasteiger partial charge < -0.3 is 4.90 Å². The number of piperazine rings is 1. The molecule has 16 heavy (non-hydrogen) atoms. The summed E-state index contributed by atoms with van der Waals surface area (Å²) in [6.45, 7) is 8.08. The van der Waals surface area contributed by atoms with Crippen LogP contribution < -0.4 is 0 Å². The van der Waals surface area contributed by atoms with Crippen LogP contribution in [0.3, 0.4) is 0 Å². The monoisotopic (exact) mass is 330 g/mol. The summed E-state index contributed by atoms with van der Waals surface area (Å²) in [6.07, 6.45) is 0. The molecule has 1 heterocycles. The normalized spacial score (nSPS) is 18.9. The zero-order valence-corrected chi connectivity index (χ0v) is 12.2. The van der Waals surface area contributed by atoms with Gasteiger partial charge in [-0.25, -0.2) is 0 Å². The second kappa shape index (κ2) is 5.47. The van der Waals surface area contributed by atoms with E-state index in [-0.39, 0.29) is 0 Å². The van der Waals surface area contributed by atoms with E-state index in [4.69, 9.17) is 0 Å². The number of halogens is 1. The molecule has 0 spiro atoms. The van der Waals surface area contributed by atoms with Crippen molar-refractivity contribution in [2.24, 2.45) is 0 Å². The van der Waals surface area contributed by atoms with Gasteiger partial charge >= 0.3 is 0 Å². The highest BCUT2D eigenvalue weighted by Gasteiger charge is 2.13. The molecule has 3 heteroatoms. The first-order chi connectivity index (χ1) is 7.65. The highest BCUT2D eigenvalue weighted by Crippen LogP contribution is 2.15. The molecule has 1 aromatic rings. The topological polar surface area (TPSA) is 6.48 Å². The minimum Gasteiger partial charge on any atom is -0.304 e. The summed E-state index contributed by atoms with van der Waals surface area (Å²) in [7, 11) is 2.20. The van der Waals surface area contributed by atoms with Crippen LogP contribution in [0, 0.1) is 10.5 Å². The van der Waals surface area contributed by atoms with Crippen LogP contribution in [0.2, 0.25) is 0 Å². The fraction of sp³-hybridized carbons (Fsp3) is 0.538. The van der Waals surface area contributed by atoms with Gasteiger partial charge in [0.1, 0.15) is 0 Å². The van der Waals surface area contributed by atoms with Crippen molar-refractivity contribution in [3.8, 4) is 0 Å². The van der Waals surface area contributed by atoms with Crippen LogP contribution >= 0.6 is 22.6 Å². The Balaban J connectivity index is 1.96. The Bertz CT molecular complexity index is 357. The van der Waals surface area contributed by atoms with E-state index in [0.29, 0.717) is 0 Å². The third-order valence-corrected chi connectivity index (χ3v) is 4.43. The Morgan fingerprint density at radius 3 is 2.50 bits per heavy atom. The fourth-order valence-corrected chi connectivity index (χ4v) is 2.40. The van der Waals surface area contributed by atoms with Gasteiger partial charge in [-0.1, -0.05) is 12.1 Å². The Morgan fingerprint density at radius 1 is 1.19 bits per heavy atom. The van der Waals surface area contributed by atoms with Crippen molar-refractivity contribution in [2.45, 2.75) is 13.5 Å². The summed E-state index contributed by atoms with van der Waals surface area (Å²) in [5, 5.41) is 0. The third-order valence-electron chi connectivity index (χ3n) is 3.22. The van der Waals surface area contributed by atoms with Gasteiger partial charge in [-0.15, -0.1) is 0 Å². The van der Waals surface area contributed by atoms with E-state index in [1.807, 2.05) is 0 Å². The van der Waals surface area contributed by atoms with Gasteiger partial charge in [-0.3, -0.25) is 4.90 Å². The predicted molar refractivity (Wildman–Crippen MR) is 76.7 cm³/mol. The van der Waals surface area contributed by atoms with Crippen LogP contribution in [0.4, 0.5) is 0 Å². The summed E-state index contributed by atoms with van der Waals surface area (Å²) < 4.78 is 1.36. The molecule has 1 aliphatic heterocycles. The van der Waals surface area contributed by atoms with Crippen molar-refractivity contribution in [2.75, 3.05) is 33.2 Å². The zero-order valence-electron chi connectivity index (χ0n) is 10.0. The SMILES string of the molecule is Cc1cc(CN2CCN(C)CC2)ccc1I. The van der Waals surface area contributed by atoms with Crippen molar-refractivity contribution in [1.29, 1.82) is 0 Å². The molecule has 0 unspecified atom stereocenters. The quantitative estimate of drug-likeness (QED) is 0.768. The van der Waals surface area contributed by atoms with Crippen molar-refractivity contribution in [3.63, 3.8) is 0 Å². The van der Waals surface area contributed by atoms with E-state index < -0.39 is 0 Å². The minimum absolute atomic E-state index is 1.10. The lowest BCUT2D eigenvalue weighted by atomic mass is 10.1. The minimum atomic E-state index is 1.10. The molecule has 1 saturated heterocycles. The van der Waals surface area contributed by atoms with Crippen LogP contribution in [-0.2, 0) is 6.54 Å². The molecule has 0 aromatic heterocycles. The molecule has 1 aliphatic rings. The van der Waals surface area contributed by atoms with Gasteiger partial charge in [0.15, 0.2) is 0 Å². The number of nitrogens with zero attached hydrogens (tertiary/aromatic N) is 2. The van der Waals surface area contributed by atoms with Gasteiger partial charge in [-0.05, 0) is 53.8 Å². The van der Waals surface area contributed by atoms with Crippen LogP contribution in [0.5, 0.6) is 0 Å². The van der Waals surface area contributed by atoms with Gasteiger partial charge in [0, 0.05) is 36.3 Å². The van der Waals surface area contributed by atoms with E-state index in [2.05, 4.69) is 64.6 Å². The van der Waals surface area contributed by atoms with E-state index in [1.54, 1.807) is 0 Å². The largest absolute Gasteiger partial charge is 0.304 e. The fourth-order valence-electron chi connectivity index (χ4n) is 2.07. The lowest BCUT2D eigenvalue weighted by Gasteiger charge is -2.32. The number of likely N-dealkylation sites (N-methyl/N-ethyl adjacent to an activating group) is 1. The van der Waals surface area contributed by atoms with Crippen LogP contribution in [0.1, 0.15) is 11.1 Å². The van der Waals surface area contributed by atoms with E-state index in [1.165, 1.54) is 40.9 Å². The number of benzene rings is 1. The Morgan fingerprint density at radius 2 is 1.88 bits per heavy atom. The maximum absolute atomic E-state index is 2.54. The average Bonchev–Trinajstić information content (AvgIpc) is 2.27. The zero-order chi connectivity index (χ0) is 11.5. The molecule has 0 radical (unpaired) electrons. The summed E-state index contributed by atoms with van der Waals surface area (Å²) in [5.74, 6) is 0. The number of hydrogen-bond donors (Lipinski definition) is 0. The standard InChI is InChI=1S/C13H19IN2/c1-11-9-12(3-4-13(11)14)10-16-7-5-15(2)6-8-16/h3-4,9H,5-8,10H2,1-2H3. The van der Waals surface area contributed by atoms with Gasteiger partial charge in [-0.2, -0.15) is 0 Å². The second-order valence-electron chi connectivity index (χ2n) is 4.66. The van der Waals surface area contributed by atoms with Crippen molar-refractivity contribution in [1.82, 2.24) is 9.80 Å². The molecule has 0 saturated carbocycles. The second-order valence-corrected chi connectivity index (χ2v) is 5.83. The molecule has 1 aromatic carbocycles. The molecule has 0 atom stereocenters. The Hall–Kier alpha value is -0.130. The van der Waals surface area contributed by atoms with Crippen molar-refractivity contribution >= 4 is 22.6 Å². The van der Waals surface area contributed by atoms with Crippen molar-refractivity contribution < 1.29 is 0 Å². The van der Waals surface area contributed by atoms with Crippen LogP contribution in [-0.4, -0.2) is 43.0 Å². The van der Waals surface area contributed by atoms with Gasteiger partial charge in [0.25, 0.3) is 0 Å². The molecule has 88 valence electrons. The van der Waals surface area contributed by atoms with Crippen LogP contribution in [0.15, 0.2) is 18.2 Å². The van der Waals surface area contributed by atoms with Crippen molar-refractivity contribution in [3.05, 3.63) is 32.9 Å². The number of aryl methyl sites for hydroxylation is 1. The first-order valence-electron chi connectivity index (χ1n) is 5.81.